The van der Waals surface area contributed by atoms with Crippen LogP contribution in [-0.2, 0) is 0 Å². The van der Waals surface area contributed by atoms with Gasteiger partial charge >= 0.3 is 18.9 Å². The molecule has 0 bridgehead atoms. The van der Waals surface area contributed by atoms with Gasteiger partial charge < -0.3 is 0 Å². The Hall–Kier alpha value is 0.662. The number of hydrogen-bond donors (Lipinski definition) is 0. The van der Waals surface area contributed by atoms with E-state index in [2.05, 4.69) is 20.8 Å². The van der Waals surface area contributed by atoms with Crippen LogP contribution in [0.2, 0.25) is 19.0 Å². The van der Waals surface area contributed by atoms with Crippen LogP contribution in [0.15, 0.2) is 0 Å². The van der Waals surface area contributed by atoms with Gasteiger partial charge in [-0.2, -0.15) is 0 Å². The molecule has 0 aromatic carbocycles. The molecule has 8 heavy (non-hydrogen) atoms. The predicted molar refractivity (Wildman–Crippen MR) is 46.5 cm³/mol. The number of hydrogen-bond acceptors (Lipinski definition) is 0. The van der Waals surface area contributed by atoms with Crippen molar-refractivity contribution in [2.75, 3.05) is 0 Å². The second-order valence-corrected chi connectivity index (χ2v) is 2.09. The number of rotatable bonds is 3. The molecule has 0 spiro atoms. The van der Waals surface area contributed by atoms with Crippen molar-refractivity contribution in [1.29, 1.82) is 0 Å². The van der Waals surface area contributed by atoms with Crippen molar-refractivity contribution in [1.82, 2.24) is 0 Å². The van der Waals surface area contributed by atoms with Gasteiger partial charge in [-0.25, -0.2) is 0 Å². The average Bonchev–Trinajstić information content (AvgIpc) is 1.72. The van der Waals surface area contributed by atoms with Gasteiger partial charge in [0.05, 0.1) is 0 Å². The van der Waals surface area contributed by atoms with E-state index in [4.69, 9.17) is 0 Å². The van der Waals surface area contributed by atoms with E-state index >= 15 is 0 Å². The fraction of sp³-hybridized carbons (Fsp3) is 1.00. The first-order valence-electron chi connectivity index (χ1n) is 3.35. The van der Waals surface area contributed by atoms with E-state index in [0.717, 1.165) is 6.71 Å². The van der Waals surface area contributed by atoms with Crippen molar-refractivity contribution in [3.05, 3.63) is 0 Å². The van der Waals surface area contributed by atoms with Crippen LogP contribution in [0.4, 0.5) is 0 Å². The maximum atomic E-state index is 2.26. The van der Waals surface area contributed by atoms with Crippen LogP contribution in [0.25, 0.3) is 0 Å². The molecular weight excluding hydrogens is 89.8 g/mol. The summed E-state index contributed by atoms with van der Waals surface area (Å²) in [5.74, 6) is 0. The topological polar surface area (TPSA) is 0 Å². The maximum absolute atomic E-state index is 2.26. The van der Waals surface area contributed by atoms with E-state index < -0.39 is 0 Å². The van der Waals surface area contributed by atoms with Crippen LogP contribution in [0, 0.1) is 0 Å². The van der Waals surface area contributed by atoms with E-state index in [0.29, 0.717) is 0 Å². The van der Waals surface area contributed by atoms with E-state index in [1.807, 2.05) is 0 Å². The third-order valence-electron chi connectivity index (χ3n) is 1.73. The minimum absolute atomic E-state index is 0. The molecule has 0 fully saturated rings. The normalized spacial score (nSPS) is 7.88. The molecule has 0 aliphatic rings. The van der Waals surface area contributed by atoms with Crippen molar-refractivity contribution >= 4 is 25.6 Å². The zero-order chi connectivity index (χ0) is 5.70. The Kier molecular flexibility index (Phi) is 11.0. The molecule has 0 rings (SSSR count). The van der Waals surface area contributed by atoms with Crippen LogP contribution in [0.5, 0.6) is 0 Å². The van der Waals surface area contributed by atoms with Crippen LogP contribution < -0.4 is 0 Å². The summed E-state index contributed by atoms with van der Waals surface area (Å²) in [6.45, 7) is 7.77. The van der Waals surface area contributed by atoms with Crippen LogP contribution >= 0.6 is 0 Å². The summed E-state index contributed by atoms with van der Waals surface area (Å²) in [6, 6.07) is 0. The van der Waals surface area contributed by atoms with E-state index in [-0.39, 0.29) is 20.3 Å². The van der Waals surface area contributed by atoms with E-state index in [9.17, 15) is 0 Å². The Labute approximate surface area is 67.2 Å². The summed E-state index contributed by atoms with van der Waals surface area (Å²) in [7, 11) is 0. The molecule has 0 heterocycles. The van der Waals surface area contributed by atoms with Crippen molar-refractivity contribution in [3.8, 4) is 0 Å². The molecule has 0 radical (unpaired) electrons. The monoisotopic (exact) mass is 108 g/mol. The Balaban J connectivity index is -0.000000180. The fourth-order valence-electron chi connectivity index (χ4n) is 0.866. The van der Waals surface area contributed by atoms with Gasteiger partial charge in [0, 0.05) is 1.43 Å². The molecule has 46 valence electrons. The molecule has 0 unspecified atom stereocenters. The average molecular weight is 108 g/mol. The summed E-state index contributed by atoms with van der Waals surface area (Å²) in [4.78, 5) is 0. The summed E-state index contributed by atoms with van der Waals surface area (Å²) in [6.07, 6.45) is 4.06. The Bertz CT molecular complexity index is 34.5. The fourth-order valence-corrected chi connectivity index (χ4v) is 0.866. The third-order valence-corrected chi connectivity index (χ3v) is 1.73. The summed E-state index contributed by atoms with van der Waals surface area (Å²) < 4.78 is 0. The van der Waals surface area contributed by atoms with Crippen molar-refractivity contribution in [2.24, 2.45) is 0 Å². The van der Waals surface area contributed by atoms with E-state index in [1.165, 1.54) is 19.0 Å². The van der Waals surface area contributed by atoms with Crippen molar-refractivity contribution < 1.29 is 1.43 Å². The summed E-state index contributed by atoms with van der Waals surface area (Å²) in [5.41, 5.74) is 0. The van der Waals surface area contributed by atoms with Gasteiger partial charge in [0.1, 0.15) is 6.71 Å². The Morgan fingerprint density at radius 1 is 1.00 bits per heavy atom. The van der Waals surface area contributed by atoms with Gasteiger partial charge in [0.15, 0.2) is 0 Å². The molecule has 0 atom stereocenters. The van der Waals surface area contributed by atoms with Gasteiger partial charge in [0.2, 0.25) is 0 Å². The zero-order valence-electron chi connectivity index (χ0n) is 5.70. The van der Waals surface area contributed by atoms with Gasteiger partial charge in [-0.15, -0.1) is 0 Å². The molecule has 0 amide bonds. The minimum atomic E-state index is 0. The first-order valence-corrected chi connectivity index (χ1v) is 3.35. The molecular formula is C6H18BLi. The van der Waals surface area contributed by atoms with Crippen molar-refractivity contribution in [3.63, 3.8) is 0 Å². The molecule has 0 nitrogen and oxygen atoms in total. The SMILES string of the molecule is CCB(CC)CC.[HH].[LiH]. The second kappa shape index (κ2) is 7.66. The van der Waals surface area contributed by atoms with Crippen LogP contribution in [0.1, 0.15) is 22.2 Å². The molecule has 0 saturated heterocycles. The predicted octanol–water partition coefficient (Wildman–Crippen LogP) is 2.14. The standard InChI is InChI=1S/C6H15B.Li.H2.H/c1-4-7(5-2)6-3;;;/h4-6H2,1-3H3;;1H;. The molecule has 0 saturated carbocycles. The summed E-state index contributed by atoms with van der Waals surface area (Å²) in [5, 5.41) is 0. The van der Waals surface area contributed by atoms with Crippen molar-refractivity contribution in [2.45, 2.75) is 39.7 Å². The summed E-state index contributed by atoms with van der Waals surface area (Å²) >= 11 is 0. The van der Waals surface area contributed by atoms with Gasteiger partial charge in [-0.3, -0.25) is 0 Å². The Morgan fingerprint density at radius 3 is 1.25 bits per heavy atom. The zero-order valence-corrected chi connectivity index (χ0v) is 5.70. The van der Waals surface area contributed by atoms with Crippen LogP contribution in [0.3, 0.4) is 0 Å². The van der Waals surface area contributed by atoms with Gasteiger partial charge in [-0.1, -0.05) is 39.7 Å². The third kappa shape index (κ3) is 4.81. The van der Waals surface area contributed by atoms with E-state index in [1.54, 1.807) is 0 Å². The second-order valence-electron chi connectivity index (χ2n) is 2.09. The van der Waals surface area contributed by atoms with Gasteiger partial charge in [-0.05, 0) is 0 Å². The molecule has 0 aliphatic heterocycles. The van der Waals surface area contributed by atoms with Crippen LogP contribution in [-0.4, -0.2) is 25.6 Å². The molecule has 0 N–H and O–H groups in total. The molecule has 0 aromatic heterocycles. The first kappa shape index (κ1) is 11.5. The molecule has 0 aromatic rings. The first-order chi connectivity index (χ1) is 3.35. The Morgan fingerprint density at radius 2 is 1.25 bits per heavy atom. The molecule has 2 heteroatoms. The quantitative estimate of drug-likeness (QED) is 0.485. The molecule has 0 aliphatic carbocycles. The van der Waals surface area contributed by atoms with Gasteiger partial charge in [0.25, 0.3) is 0 Å².